The molecule has 2 unspecified atom stereocenters. The van der Waals surface area contributed by atoms with Crippen LogP contribution in [0.2, 0.25) is 0 Å². The number of amides is 1. The quantitative estimate of drug-likeness (QED) is 0.814. The minimum Gasteiger partial charge on any atom is -0.490 e. The highest BCUT2D eigenvalue weighted by atomic mass is 16.5. The molecule has 1 amide bonds. The topological polar surface area (TPSA) is 75.8 Å². The number of aliphatic hydroxyl groups excluding tert-OH is 1. The van der Waals surface area contributed by atoms with Crippen LogP contribution in [0.3, 0.4) is 0 Å². The number of carbonyl (C=O) groups is 1. The Morgan fingerprint density at radius 2 is 2.28 bits per heavy atom. The van der Waals surface area contributed by atoms with Crippen LogP contribution in [0.4, 0.5) is 5.69 Å². The van der Waals surface area contributed by atoms with Gasteiger partial charge in [0.25, 0.3) is 0 Å². The minimum atomic E-state index is -0.744. The number of nitrogens with zero attached hydrogens (tertiary/aromatic N) is 1. The first-order chi connectivity index (χ1) is 8.50. The Labute approximate surface area is 106 Å². The molecule has 18 heavy (non-hydrogen) atoms. The number of carbonyl (C=O) groups excluding carboxylic acids is 1. The van der Waals surface area contributed by atoms with E-state index in [4.69, 9.17) is 10.5 Å². The summed E-state index contributed by atoms with van der Waals surface area (Å²) in [6, 6.07) is 4.95. The number of aliphatic hydroxyl groups is 1. The van der Waals surface area contributed by atoms with Crippen molar-refractivity contribution in [2.24, 2.45) is 5.73 Å². The molecule has 0 radical (unpaired) electrons. The summed E-state index contributed by atoms with van der Waals surface area (Å²) < 4.78 is 5.49. The van der Waals surface area contributed by atoms with Crippen LogP contribution in [0.1, 0.15) is 25.5 Å². The van der Waals surface area contributed by atoms with E-state index in [-0.39, 0.29) is 11.9 Å². The van der Waals surface area contributed by atoms with E-state index < -0.39 is 6.10 Å². The van der Waals surface area contributed by atoms with Crippen LogP contribution >= 0.6 is 0 Å². The molecule has 0 saturated carbocycles. The number of hydrogen-bond donors (Lipinski definition) is 2. The zero-order valence-electron chi connectivity index (χ0n) is 10.6. The largest absolute Gasteiger partial charge is 0.490 e. The fourth-order valence-corrected chi connectivity index (χ4v) is 2.05. The summed E-state index contributed by atoms with van der Waals surface area (Å²) in [6.45, 7) is 4.27. The zero-order chi connectivity index (χ0) is 13.3. The third-order valence-corrected chi connectivity index (χ3v) is 3.07. The molecule has 1 aliphatic heterocycles. The van der Waals surface area contributed by atoms with Gasteiger partial charge in [-0.05, 0) is 24.6 Å². The van der Waals surface area contributed by atoms with Gasteiger partial charge in [0.15, 0.2) is 0 Å². The number of nitrogens with two attached hydrogens (primary N) is 1. The molecular formula is C13H18N2O3. The molecule has 0 aliphatic carbocycles. The SMILES string of the molecule is CC(=O)N1CCOc2ccc(C(O)C(C)N)cc21. The Bertz CT molecular complexity index is 460. The van der Waals surface area contributed by atoms with Crippen molar-refractivity contribution in [2.45, 2.75) is 26.0 Å². The highest BCUT2D eigenvalue weighted by molar-refractivity contribution is 5.93. The lowest BCUT2D eigenvalue weighted by atomic mass is 10.0. The maximum absolute atomic E-state index is 11.6. The van der Waals surface area contributed by atoms with Gasteiger partial charge in [0.05, 0.1) is 18.3 Å². The summed E-state index contributed by atoms with van der Waals surface area (Å²) in [7, 11) is 0. The second-order valence-electron chi connectivity index (χ2n) is 4.55. The van der Waals surface area contributed by atoms with E-state index in [9.17, 15) is 9.90 Å². The van der Waals surface area contributed by atoms with Gasteiger partial charge in [-0.1, -0.05) is 6.07 Å². The predicted molar refractivity (Wildman–Crippen MR) is 68.6 cm³/mol. The smallest absolute Gasteiger partial charge is 0.224 e. The number of fused-ring (bicyclic) bond motifs is 1. The predicted octanol–water partition coefficient (Wildman–Crippen LogP) is 0.812. The van der Waals surface area contributed by atoms with Gasteiger partial charge in [0.1, 0.15) is 12.4 Å². The van der Waals surface area contributed by atoms with Crippen molar-refractivity contribution in [1.29, 1.82) is 0 Å². The van der Waals surface area contributed by atoms with Crippen LogP contribution in [0.15, 0.2) is 18.2 Å². The lowest BCUT2D eigenvalue weighted by Crippen LogP contribution is -2.36. The van der Waals surface area contributed by atoms with Gasteiger partial charge in [-0.2, -0.15) is 0 Å². The molecule has 1 heterocycles. The normalized spacial score (nSPS) is 17.7. The van der Waals surface area contributed by atoms with Crippen molar-refractivity contribution in [3.63, 3.8) is 0 Å². The second-order valence-corrected chi connectivity index (χ2v) is 4.55. The maximum atomic E-state index is 11.6. The van der Waals surface area contributed by atoms with Crippen molar-refractivity contribution in [1.82, 2.24) is 0 Å². The molecule has 0 saturated heterocycles. The maximum Gasteiger partial charge on any atom is 0.224 e. The molecule has 1 aliphatic rings. The van der Waals surface area contributed by atoms with Crippen molar-refractivity contribution in [2.75, 3.05) is 18.1 Å². The standard InChI is InChI=1S/C13H18N2O3/c1-8(14)13(17)10-3-4-12-11(7-10)15(9(2)16)5-6-18-12/h3-4,7-8,13,17H,5-6,14H2,1-2H3. The number of anilines is 1. The Morgan fingerprint density at radius 1 is 1.56 bits per heavy atom. The Kier molecular flexibility index (Phi) is 3.54. The van der Waals surface area contributed by atoms with E-state index in [0.29, 0.717) is 30.2 Å². The van der Waals surface area contributed by atoms with Crippen LogP contribution in [0.25, 0.3) is 0 Å². The Balaban J connectivity index is 2.39. The number of rotatable bonds is 2. The van der Waals surface area contributed by atoms with Gasteiger partial charge in [0.2, 0.25) is 5.91 Å². The molecule has 0 fully saturated rings. The molecule has 3 N–H and O–H groups in total. The van der Waals surface area contributed by atoms with E-state index in [1.54, 1.807) is 30.0 Å². The third-order valence-electron chi connectivity index (χ3n) is 3.07. The van der Waals surface area contributed by atoms with Gasteiger partial charge >= 0.3 is 0 Å². The van der Waals surface area contributed by atoms with Crippen molar-refractivity contribution in [3.05, 3.63) is 23.8 Å². The summed E-state index contributed by atoms with van der Waals surface area (Å²) in [5.74, 6) is 0.629. The van der Waals surface area contributed by atoms with E-state index >= 15 is 0 Å². The molecule has 0 aromatic heterocycles. The summed E-state index contributed by atoms with van der Waals surface area (Å²) in [5.41, 5.74) is 7.07. The Hall–Kier alpha value is -1.59. The van der Waals surface area contributed by atoms with Crippen LogP contribution < -0.4 is 15.4 Å². The average molecular weight is 250 g/mol. The summed E-state index contributed by atoms with van der Waals surface area (Å²) in [4.78, 5) is 13.2. The van der Waals surface area contributed by atoms with Crippen molar-refractivity contribution < 1.29 is 14.6 Å². The average Bonchev–Trinajstić information content (AvgIpc) is 2.36. The molecule has 98 valence electrons. The molecule has 5 nitrogen and oxygen atoms in total. The monoisotopic (exact) mass is 250 g/mol. The van der Waals surface area contributed by atoms with Gasteiger partial charge in [-0.25, -0.2) is 0 Å². The van der Waals surface area contributed by atoms with Crippen LogP contribution in [0, 0.1) is 0 Å². The molecule has 1 aromatic carbocycles. The van der Waals surface area contributed by atoms with E-state index in [2.05, 4.69) is 0 Å². The lowest BCUT2D eigenvalue weighted by Gasteiger charge is -2.29. The number of hydrogen-bond acceptors (Lipinski definition) is 4. The van der Waals surface area contributed by atoms with Crippen LogP contribution in [0.5, 0.6) is 5.75 Å². The second kappa shape index (κ2) is 4.96. The van der Waals surface area contributed by atoms with Crippen LogP contribution in [-0.4, -0.2) is 30.2 Å². The molecule has 1 aromatic rings. The first-order valence-corrected chi connectivity index (χ1v) is 5.99. The van der Waals surface area contributed by atoms with Gasteiger partial charge in [0, 0.05) is 13.0 Å². The summed E-state index contributed by atoms with van der Waals surface area (Å²) >= 11 is 0. The van der Waals surface area contributed by atoms with E-state index in [0.717, 1.165) is 0 Å². The van der Waals surface area contributed by atoms with Crippen LogP contribution in [-0.2, 0) is 4.79 Å². The summed E-state index contributed by atoms with van der Waals surface area (Å²) in [6.07, 6.45) is -0.744. The summed E-state index contributed by atoms with van der Waals surface area (Å²) in [5, 5.41) is 9.95. The third kappa shape index (κ3) is 2.32. The Morgan fingerprint density at radius 3 is 2.89 bits per heavy atom. The number of benzene rings is 1. The molecular weight excluding hydrogens is 232 g/mol. The molecule has 0 bridgehead atoms. The first-order valence-electron chi connectivity index (χ1n) is 5.99. The first kappa shape index (κ1) is 12.9. The fourth-order valence-electron chi connectivity index (χ4n) is 2.05. The molecule has 5 heteroatoms. The van der Waals surface area contributed by atoms with Gasteiger partial charge in [-0.3, -0.25) is 4.79 Å². The highest BCUT2D eigenvalue weighted by Gasteiger charge is 2.23. The number of ether oxygens (including phenoxy) is 1. The molecule has 0 spiro atoms. The van der Waals surface area contributed by atoms with Crippen molar-refractivity contribution >= 4 is 11.6 Å². The zero-order valence-corrected chi connectivity index (χ0v) is 10.6. The van der Waals surface area contributed by atoms with Gasteiger partial charge < -0.3 is 20.5 Å². The van der Waals surface area contributed by atoms with Crippen molar-refractivity contribution in [3.8, 4) is 5.75 Å². The van der Waals surface area contributed by atoms with E-state index in [1.807, 2.05) is 0 Å². The highest BCUT2D eigenvalue weighted by Crippen LogP contribution is 2.34. The van der Waals surface area contributed by atoms with E-state index in [1.165, 1.54) is 6.92 Å². The van der Waals surface area contributed by atoms with Gasteiger partial charge in [-0.15, -0.1) is 0 Å². The molecule has 2 atom stereocenters. The minimum absolute atomic E-state index is 0.0352. The lowest BCUT2D eigenvalue weighted by molar-refractivity contribution is -0.116. The fraction of sp³-hybridized carbons (Fsp3) is 0.462. The molecule has 2 rings (SSSR count).